The van der Waals surface area contributed by atoms with Crippen molar-refractivity contribution in [3.8, 4) is 0 Å². The second-order valence-corrected chi connectivity index (χ2v) is 7.35. The van der Waals surface area contributed by atoms with Crippen LogP contribution >= 0.6 is 0 Å². The molecule has 7 nitrogen and oxygen atoms in total. The van der Waals surface area contributed by atoms with Crippen LogP contribution in [0.3, 0.4) is 0 Å². The molecule has 122 valence electrons. The molecule has 1 fully saturated rings. The lowest BCUT2D eigenvalue weighted by Gasteiger charge is -2.10. The lowest BCUT2D eigenvalue weighted by molar-refractivity contribution is 0.0696. The predicted octanol–water partition coefficient (Wildman–Crippen LogP) is 2.67. The molecule has 8 heteroatoms. The van der Waals surface area contributed by atoms with E-state index in [2.05, 4.69) is 9.88 Å². The fourth-order valence-electron chi connectivity index (χ4n) is 2.37. The third kappa shape index (κ3) is 2.94. The molecule has 0 amide bonds. The summed E-state index contributed by atoms with van der Waals surface area (Å²) >= 11 is 0. The van der Waals surface area contributed by atoms with Crippen molar-refractivity contribution >= 4 is 21.7 Å². The molecule has 2 N–H and O–H groups in total. The number of aromatic nitrogens is 1. The number of benzene rings is 1. The number of rotatable bonds is 5. The van der Waals surface area contributed by atoms with Gasteiger partial charge in [0.1, 0.15) is 11.4 Å². The summed E-state index contributed by atoms with van der Waals surface area (Å²) in [6.45, 7) is 3.23. The summed E-state index contributed by atoms with van der Waals surface area (Å²) in [5, 5.41) is 12.9. The zero-order valence-corrected chi connectivity index (χ0v) is 13.5. The molecule has 23 heavy (non-hydrogen) atoms. The Morgan fingerprint density at radius 2 is 2.04 bits per heavy atom. The average molecular weight is 336 g/mol. The van der Waals surface area contributed by atoms with Gasteiger partial charge >= 0.3 is 5.97 Å². The molecule has 3 rings (SSSR count). The highest BCUT2D eigenvalue weighted by Gasteiger charge is 2.33. The number of nitrogens with zero attached hydrogens (tertiary/aromatic N) is 1. The summed E-state index contributed by atoms with van der Waals surface area (Å²) in [5.41, 5.74) is 1.32. The summed E-state index contributed by atoms with van der Waals surface area (Å²) < 4.78 is 32.8. The number of aromatic carboxylic acids is 1. The molecule has 0 saturated heterocycles. The first-order valence-electron chi connectivity index (χ1n) is 7.12. The molecule has 2 aromatic rings. The van der Waals surface area contributed by atoms with Gasteiger partial charge in [-0.3, -0.25) is 4.72 Å². The average Bonchev–Trinajstić information content (AvgIpc) is 3.25. The summed E-state index contributed by atoms with van der Waals surface area (Å²) in [5.74, 6) is -0.319. The van der Waals surface area contributed by atoms with Crippen LogP contribution in [0.25, 0.3) is 0 Å². The number of carboxylic acid groups (broad SMARTS) is 1. The van der Waals surface area contributed by atoms with Crippen molar-refractivity contribution in [2.45, 2.75) is 37.5 Å². The van der Waals surface area contributed by atoms with Gasteiger partial charge in [0.25, 0.3) is 10.0 Å². The van der Waals surface area contributed by atoms with Crippen molar-refractivity contribution in [3.05, 3.63) is 40.8 Å². The van der Waals surface area contributed by atoms with E-state index >= 15 is 0 Å². The number of hydrogen-bond donors (Lipinski definition) is 2. The molecule has 1 heterocycles. The van der Waals surface area contributed by atoms with Crippen molar-refractivity contribution in [1.82, 2.24) is 5.16 Å². The zero-order chi connectivity index (χ0) is 16.8. The van der Waals surface area contributed by atoms with Gasteiger partial charge < -0.3 is 9.63 Å². The third-order valence-corrected chi connectivity index (χ3v) is 5.16. The van der Waals surface area contributed by atoms with Crippen molar-refractivity contribution < 1.29 is 22.8 Å². The fourth-order valence-corrected chi connectivity index (χ4v) is 3.59. The van der Waals surface area contributed by atoms with Crippen LogP contribution in [0.15, 0.2) is 27.6 Å². The van der Waals surface area contributed by atoms with Gasteiger partial charge in [-0.25, -0.2) is 13.2 Å². The molecule has 0 unspecified atom stereocenters. The number of aryl methyl sites for hydroxylation is 2. The van der Waals surface area contributed by atoms with E-state index in [4.69, 9.17) is 9.63 Å². The first-order chi connectivity index (χ1) is 10.8. The van der Waals surface area contributed by atoms with E-state index in [1.54, 1.807) is 13.8 Å². The molecular formula is C15H16N2O5S. The van der Waals surface area contributed by atoms with Crippen LogP contribution in [-0.2, 0) is 10.0 Å². The fraction of sp³-hybridized carbons (Fsp3) is 0.333. The predicted molar refractivity (Wildman–Crippen MR) is 82.2 cm³/mol. The van der Waals surface area contributed by atoms with Crippen LogP contribution in [0.1, 0.15) is 46.1 Å². The SMILES string of the molecule is Cc1cc(S(=O)(=O)Nc2c(C)noc2C2CC2)ccc1C(=O)O. The number of nitrogens with one attached hydrogen (secondary N) is 1. The number of carbonyl (C=O) groups is 1. The molecular weight excluding hydrogens is 320 g/mol. The number of hydrogen-bond acceptors (Lipinski definition) is 5. The minimum Gasteiger partial charge on any atom is -0.478 e. The van der Waals surface area contributed by atoms with Crippen LogP contribution in [0.5, 0.6) is 0 Å². The molecule has 1 aliphatic carbocycles. The quantitative estimate of drug-likeness (QED) is 0.868. The van der Waals surface area contributed by atoms with Crippen LogP contribution < -0.4 is 4.72 Å². The first-order valence-corrected chi connectivity index (χ1v) is 8.61. The van der Waals surface area contributed by atoms with Crippen molar-refractivity contribution in [2.24, 2.45) is 0 Å². The maximum Gasteiger partial charge on any atom is 0.335 e. The smallest absolute Gasteiger partial charge is 0.335 e. The molecule has 0 spiro atoms. The van der Waals surface area contributed by atoms with E-state index in [-0.39, 0.29) is 16.4 Å². The molecule has 0 atom stereocenters. The number of sulfonamides is 1. The maximum absolute atomic E-state index is 12.6. The van der Waals surface area contributed by atoms with E-state index in [0.717, 1.165) is 12.8 Å². The van der Waals surface area contributed by atoms with Crippen molar-refractivity contribution in [2.75, 3.05) is 4.72 Å². The van der Waals surface area contributed by atoms with Crippen LogP contribution in [0.2, 0.25) is 0 Å². The molecule has 1 aliphatic rings. The van der Waals surface area contributed by atoms with E-state index in [0.29, 0.717) is 22.7 Å². The Kier molecular flexibility index (Phi) is 3.63. The zero-order valence-electron chi connectivity index (χ0n) is 12.7. The lowest BCUT2D eigenvalue weighted by atomic mass is 10.1. The van der Waals surface area contributed by atoms with Crippen molar-refractivity contribution in [3.63, 3.8) is 0 Å². The highest BCUT2D eigenvalue weighted by Crippen LogP contribution is 2.44. The van der Waals surface area contributed by atoms with E-state index < -0.39 is 16.0 Å². The molecule has 0 aliphatic heterocycles. The van der Waals surface area contributed by atoms with E-state index in [1.165, 1.54) is 18.2 Å². The Morgan fingerprint density at radius 1 is 1.35 bits per heavy atom. The van der Waals surface area contributed by atoms with Gasteiger partial charge in [0.15, 0.2) is 5.76 Å². The Balaban J connectivity index is 1.95. The lowest BCUT2D eigenvalue weighted by Crippen LogP contribution is -2.15. The minimum absolute atomic E-state index is 0.00217. The Hall–Kier alpha value is -2.35. The van der Waals surface area contributed by atoms with Gasteiger partial charge in [0.05, 0.1) is 10.5 Å². The Bertz CT molecular complexity index is 881. The number of anilines is 1. The summed E-state index contributed by atoms with van der Waals surface area (Å²) in [6.07, 6.45) is 1.91. The molecule has 0 bridgehead atoms. The standard InChI is InChI=1S/C15H16N2O5S/c1-8-7-11(5-6-12(8)15(18)19)23(20,21)17-13-9(2)16-22-14(13)10-3-4-10/h5-7,10,17H,3-4H2,1-2H3,(H,18,19). The van der Waals surface area contributed by atoms with E-state index in [1.807, 2.05) is 0 Å². The maximum atomic E-state index is 12.6. The summed E-state index contributed by atoms with van der Waals surface area (Å²) in [6, 6.07) is 3.90. The molecule has 1 aromatic carbocycles. The van der Waals surface area contributed by atoms with Gasteiger partial charge in [0, 0.05) is 5.92 Å². The van der Waals surface area contributed by atoms with Crippen LogP contribution in [-0.4, -0.2) is 24.7 Å². The normalized spacial score (nSPS) is 14.7. The monoisotopic (exact) mass is 336 g/mol. The van der Waals surface area contributed by atoms with Gasteiger partial charge in [-0.1, -0.05) is 5.16 Å². The van der Waals surface area contributed by atoms with Gasteiger partial charge in [-0.15, -0.1) is 0 Å². The minimum atomic E-state index is -3.84. The van der Waals surface area contributed by atoms with Crippen LogP contribution in [0.4, 0.5) is 5.69 Å². The van der Waals surface area contributed by atoms with Gasteiger partial charge in [-0.05, 0) is 50.5 Å². The second-order valence-electron chi connectivity index (χ2n) is 5.67. The van der Waals surface area contributed by atoms with Crippen molar-refractivity contribution in [1.29, 1.82) is 0 Å². The van der Waals surface area contributed by atoms with E-state index in [9.17, 15) is 13.2 Å². The molecule has 0 radical (unpaired) electrons. The third-order valence-electron chi connectivity index (χ3n) is 3.81. The van der Waals surface area contributed by atoms with Gasteiger partial charge in [0.2, 0.25) is 0 Å². The molecule has 1 saturated carbocycles. The topological polar surface area (TPSA) is 110 Å². The first kappa shape index (κ1) is 15.5. The second kappa shape index (κ2) is 5.38. The van der Waals surface area contributed by atoms with Crippen LogP contribution in [0, 0.1) is 13.8 Å². The highest BCUT2D eigenvalue weighted by atomic mass is 32.2. The molecule has 1 aromatic heterocycles. The van der Waals surface area contributed by atoms with Gasteiger partial charge in [-0.2, -0.15) is 0 Å². The summed E-state index contributed by atoms with van der Waals surface area (Å²) in [4.78, 5) is 11.0. The summed E-state index contributed by atoms with van der Waals surface area (Å²) in [7, 11) is -3.84. The number of carboxylic acids is 1. The largest absolute Gasteiger partial charge is 0.478 e. The highest BCUT2D eigenvalue weighted by molar-refractivity contribution is 7.92. The Morgan fingerprint density at radius 3 is 2.61 bits per heavy atom. The Labute approximate surface area is 133 Å².